The van der Waals surface area contributed by atoms with E-state index in [0.717, 1.165) is 13.0 Å². The fraction of sp³-hybridized carbons (Fsp3) is 0.533. The summed E-state index contributed by atoms with van der Waals surface area (Å²) in [6.07, 6.45) is 0.916. The highest BCUT2D eigenvalue weighted by atomic mass is 16.1. The molecule has 0 saturated carbocycles. The molecule has 1 heterocycles. The zero-order valence-corrected chi connectivity index (χ0v) is 11.4. The molecule has 2 N–H and O–H groups in total. The van der Waals surface area contributed by atoms with Crippen LogP contribution in [0.25, 0.3) is 0 Å². The van der Waals surface area contributed by atoms with Gasteiger partial charge in [0.2, 0.25) is 5.91 Å². The molecule has 3 heteroatoms. The molecule has 0 radical (unpaired) electrons. The molecular formula is C15H22N2O. The van der Waals surface area contributed by atoms with Gasteiger partial charge >= 0.3 is 0 Å². The van der Waals surface area contributed by atoms with Crippen molar-refractivity contribution in [1.29, 1.82) is 0 Å². The lowest BCUT2D eigenvalue weighted by atomic mass is 9.95. The number of amides is 1. The molecular weight excluding hydrogens is 224 g/mol. The maximum Gasteiger partial charge on any atom is 0.223 e. The second-order valence-corrected chi connectivity index (χ2v) is 5.48. The number of hydrogen-bond acceptors (Lipinski definition) is 2. The van der Waals surface area contributed by atoms with Gasteiger partial charge in [0.25, 0.3) is 0 Å². The predicted molar refractivity (Wildman–Crippen MR) is 74.6 cm³/mol. The van der Waals surface area contributed by atoms with E-state index in [0.29, 0.717) is 5.92 Å². The Morgan fingerprint density at radius 1 is 1.33 bits per heavy atom. The van der Waals surface area contributed by atoms with Gasteiger partial charge in [-0.1, -0.05) is 39.0 Å². The van der Waals surface area contributed by atoms with Crippen LogP contribution in [-0.4, -0.2) is 18.5 Å². The van der Waals surface area contributed by atoms with Crippen LogP contribution in [0, 0.1) is 11.8 Å². The van der Waals surface area contributed by atoms with E-state index in [2.05, 4.69) is 36.6 Å². The van der Waals surface area contributed by atoms with Crippen LogP contribution in [0.3, 0.4) is 0 Å². The topological polar surface area (TPSA) is 41.1 Å². The SMILES string of the molecule is CC(C)C(C)C(=O)NC1CNc2ccccc2C1. The number of rotatable bonds is 3. The number of hydrogen-bond donors (Lipinski definition) is 2. The van der Waals surface area contributed by atoms with Gasteiger partial charge < -0.3 is 10.6 Å². The minimum absolute atomic E-state index is 0.0715. The van der Waals surface area contributed by atoms with E-state index in [1.165, 1.54) is 11.3 Å². The van der Waals surface area contributed by atoms with Gasteiger partial charge in [-0.3, -0.25) is 4.79 Å². The second-order valence-electron chi connectivity index (χ2n) is 5.48. The Labute approximate surface area is 109 Å². The lowest BCUT2D eigenvalue weighted by molar-refractivity contribution is -0.126. The first-order valence-corrected chi connectivity index (χ1v) is 6.70. The van der Waals surface area contributed by atoms with Gasteiger partial charge in [-0.15, -0.1) is 0 Å². The summed E-state index contributed by atoms with van der Waals surface area (Å²) in [6, 6.07) is 8.48. The maximum absolute atomic E-state index is 12.0. The quantitative estimate of drug-likeness (QED) is 0.860. The first-order chi connectivity index (χ1) is 8.58. The molecule has 1 aliphatic heterocycles. The zero-order valence-electron chi connectivity index (χ0n) is 11.4. The van der Waals surface area contributed by atoms with E-state index in [1.807, 2.05) is 19.1 Å². The molecule has 0 fully saturated rings. The van der Waals surface area contributed by atoms with Crippen molar-refractivity contribution in [3.05, 3.63) is 29.8 Å². The lowest BCUT2D eigenvalue weighted by Gasteiger charge is -2.28. The summed E-state index contributed by atoms with van der Waals surface area (Å²) in [5, 5.41) is 6.51. The van der Waals surface area contributed by atoms with Crippen LogP contribution in [0.15, 0.2) is 24.3 Å². The summed E-state index contributed by atoms with van der Waals surface area (Å²) in [4.78, 5) is 12.0. The van der Waals surface area contributed by atoms with Gasteiger partial charge in [-0.25, -0.2) is 0 Å². The summed E-state index contributed by atoms with van der Waals surface area (Å²) < 4.78 is 0. The molecule has 1 amide bonds. The van der Waals surface area contributed by atoms with Crippen molar-refractivity contribution in [2.24, 2.45) is 11.8 Å². The van der Waals surface area contributed by atoms with Crippen LogP contribution in [0.1, 0.15) is 26.3 Å². The Kier molecular flexibility index (Phi) is 3.90. The summed E-state index contributed by atoms with van der Waals surface area (Å²) in [5.74, 6) is 0.618. The number of carbonyl (C=O) groups is 1. The third-order valence-corrected chi connectivity index (χ3v) is 3.78. The first kappa shape index (κ1) is 12.9. The van der Waals surface area contributed by atoms with Crippen molar-refractivity contribution in [3.63, 3.8) is 0 Å². The number of benzene rings is 1. The van der Waals surface area contributed by atoms with Crippen LogP contribution in [0.4, 0.5) is 5.69 Å². The number of anilines is 1. The molecule has 2 rings (SSSR count). The van der Waals surface area contributed by atoms with Crippen molar-refractivity contribution < 1.29 is 4.79 Å². The molecule has 0 spiro atoms. The lowest BCUT2D eigenvalue weighted by Crippen LogP contribution is -2.46. The van der Waals surface area contributed by atoms with E-state index in [1.54, 1.807) is 0 Å². The molecule has 2 atom stereocenters. The zero-order chi connectivity index (χ0) is 13.1. The molecule has 18 heavy (non-hydrogen) atoms. The largest absolute Gasteiger partial charge is 0.383 e. The third-order valence-electron chi connectivity index (χ3n) is 3.78. The van der Waals surface area contributed by atoms with E-state index in [4.69, 9.17) is 0 Å². The van der Waals surface area contributed by atoms with Crippen LogP contribution in [-0.2, 0) is 11.2 Å². The number of para-hydroxylation sites is 1. The maximum atomic E-state index is 12.0. The molecule has 0 saturated heterocycles. The normalized spacial score (nSPS) is 19.9. The van der Waals surface area contributed by atoms with Crippen molar-refractivity contribution >= 4 is 11.6 Å². The Hall–Kier alpha value is -1.51. The molecule has 1 aliphatic rings. The highest BCUT2D eigenvalue weighted by molar-refractivity contribution is 5.79. The Balaban J connectivity index is 1.96. The van der Waals surface area contributed by atoms with Crippen LogP contribution in [0.5, 0.6) is 0 Å². The Morgan fingerprint density at radius 3 is 2.78 bits per heavy atom. The molecule has 1 aromatic rings. The van der Waals surface area contributed by atoms with Gasteiger partial charge in [0, 0.05) is 18.2 Å². The second kappa shape index (κ2) is 5.42. The Bertz CT molecular complexity index is 428. The van der Waals surface area contributed by atoms with Crippen molar-refractivity contribution in [2.75, 3.05) is 11.9 Å². The van der Waals surface area contributed by atoms with Gasteiger partial charge in [0.1, 0.15) is 0 Å². The van der Waals surface area contributed by atoms with Crippen molar-refractivity contribution in [3.8, 4) is 0 Å². The monoisotopic (exact) mass is 246 g/mol. The highest BCUT2D eigenvalue weighted by Gasteiger charge is 2.23. The van der Waals surface area contributed by atoms with Crippen molar-refractivity contribution in [2.45, 2.75) is 33.2 Å². The van der Waals surface area contributed by atoms with Gasteiger partial charge in [0.15, 0.2) is 0 Å². The predicted octanol–water partition coefficient (Wildman–Crippen LogP) is 2.43. The summed E-state index contributed by atoms with van der Waals surface area (Å²) in [7, 11) is 0. The smallest absolute Gasteiger partial charge is 0.223 e. The van der Waals surface area contributed by atoms with Gasteiger partial charge in [-0.05, 0) is 24.0 Å². The Morgan fingerprint density at radius 2 is 2.06 bits per heavy atom. The molecule has 98 valence electrons. The number of nitrogens with one attached hydrogen (secondary N) is 2. The number of fused-ring (bicyclic) bond motifs is 1. The van der Waals surface area contributed by atoms with Gasteiger partial charge in [0.05, 0.1) is 6.04 Å². The third kappa shape index (κ3) is 2.84. The standard InChI is InChI=1S/C15H22N2O/c1-10(2)11(3)15(18)17-13-8-12-6-4-5-7-14(12)16-9-13/h4-7,10-11,13,16H,8-9H2,1-3H3,(H,17,18). The van der Waals surface area contributed by atoms with Crippen LogP contribution < -0.4 is 10.6 Å². The summed E-state index contributed by atoms with van der Waals surface area (Å²) >= 11 is 0. The minimum atomic E-state index is 0.0715. The minimum Gasteiger partial charge on any atom is -0.383 e. The summed E-state index contributed by atoms with van der Waals surface area (Å²) in [6.45, 7) is 6.97. The van der Waals surface area contributed by atoms with Crippen molar-refractivity contribution in [1.82, 2.24) is 5.32 Å². The molecule has 0 aliphatic carbocycles. The molecule has 0 aromatic heterocycles. The molecule has 3 nitrogen and oxygen atoms in total. The van der Waals surface area contributed by atoms with Crippen LogP contribution >= 0.6 is 0 Å². The van der Waals surface area contributed by atoms with E-state index in [-0.39, 0.29) is 17.9 Å². The molecule has 1 aromatic carbocycles. The fourth-order valence-electron chi connectivity index (χ4n) is 2.18. The average molecular weight is 246 g/mol. The van der Waals surface area contributed by atoms with Crippen LogP contribution in [0.2, 0.25) is 0 Å². The number of carbonyl (C=O) groups excluding carboxylic acids is 1. The summed E-state index contributed by atoms with van der Waals surface area (Å²) in [5.41, 5.74) is 2.48. The molecule has 2 unspecified atom stereocenters. The van der Waals surface area contributed by atoms with E-state index < -0.39 is 0 Å². The first-order valence-electron chi connectivity index (χ1n) is 6.70. The molecule has 0 bridgehead atoms. The highest BCUT2D eigenvalue weighted by Crippen LogP contribution is 2.21. The fourth-order valence-corrected chi connectivity index (χ4v) is 2.18. The van der Waals surface area contributed by atoms with Gasteiger partial charge in [-0.2, -0.15) is 0 Å². The van der Waals surface area contributed by atoms with E-state index >= 15 is 0 Å². The average Bonchev–Trinajstić information content (AvgIpc) is 2.37. The van der Waals surface area contributed by atoms with E-state index in [9.17, 15) is 4.79 Å².